The van der Waals surface area contributed by atoms with E-state index in [2.05, 4.69) is 32.0 Å². The topological polar surface area (TPSA) is 20.2 Å². The van der Waals surface area contributed by atoms with E-state index in [0.717, 1.165) is 8.92 Å². The molecule has 48 valence electrons. The van der Waals surface area contributed by atoms with Crippen molar-refractivity contribution in [2.75, 3.05) is 0 Å². The summed E-state index contributed by atoms with van der Waals surface area (Å²) in [6.07, 6.45) is 0. The Morgan fingerprint density at radius 2 is 1.44 bits per heavy atom. The second-order valence-corrected chi connectivity index (χ2v) is 3.87. The Balaban J connectivity index is 3.17. The fraction of sp³-hybridized carbons (Fsp3) is 0. The zero-order chi connectivity index (χ0) is 6.85. The van der Waals surface area contributed by atoms with E-state index in [4.69, 9.17) is 5.11 Å². The Labute approximate surface area is 70.1 Å². The molecule has 0 aliphatic carbocycles. The minimum atomic E-state index is 0.323. The van der Waals surface area contributed by atoms with Gasteiger partial charge < -0.3 is 0 Å². The van der Waals surface area contributed by atoms with Crippen LogP contribution in [0.3, 0.4) is 0 Å². The normalized spacial score (nSPS) is 9.56. The standard InChI is InChI=1S/C6H6OSe2/c7-4-1-5(8)3-6(9)2-4/h1-3,7-9H. The molecule has 0 spiro atoms. The summed E-state index contributed by atoms with van der Waals surface area (Å²) in [7, 11) is 0. The van der Waals surface area contributed by atoms with E-state index in [1.807, 2.05) is 6.07 Å². The quantitative estimate of drug-likeness (QED) is 0.554. The van der Waals surface area contributed by atoms with Gasteiger partial charge in [-0.25, -0.2) is 0 Å². The molecular weight excluding hydrogens is 246 g/mol. The summed E-state index contributed by atoms with van der Waals surface area (Å²) in [6, 6.07) is 5.38. The molecular formula is C6H6OSe2. The third-order valence-corrected chi connectivity index (χ3v) is 1.97. The summed E-state index contributed by atoms with van der Waals surface area (Å²) in [5.74, 6) is 0.323. The first-order chi connectivity index (χ1) is 4.18. The molecule has 0 heterocycles. The van der Waals surface area contributed by atoms with Crippen molar-refractivity contribution in [3.8, 4) is 5.75 Å². The number of benzene rings is 1. The summed E-state index contributed by atoms with van der Waals surface area (Å²) in [5, 5.41) is 8.97. The number of phenolic OH excluding ortho intramolecular Hbond substituents is 1. The Hall–Kier alpha value is 0.0590. The fourth-order valence-electron chi connectivity index (χ4n) is 0.580. The second-order valence-electron chi connectivity index (χ2n) is 1.71. The summed E-state index contributed by atoms with van der Waals surface area (Å²) in [4.78, 5) is 0. The molecule has 0 aliphatic heterocycles. The van der Waals surface area contributed by atoms with Crippen molar-refractivity contribution >= 4 is 40.9 Å². The van der Waals surface area contributed by atoms with E-state index >= 15 is 0 Å². The van der Waals surface area contributed by atoms with Gasteiger partial charge in [-0.3, -0.25) is 0 Å². The first-order valence-electron chi connectivity index (χ1n) is 2.40. The number of hydrogen-bond donors (Lipinski definition) is 1. The first-order valence-corrected chi connectivity index (χ1v) is 4.28. The van der Waals surface area contributed by atoms with E-state index < -0.39 is 0 Å². The van der Waals surface area contributed by atoms with Crippen molar-refractivity contribution in [3.05, 3.63) is 18.2 Å². The van der Waals surface area contributed by atoms with E-state index in [-0.39, 0.29) is 0 Å². The van der Waals surface area contributed by atoms with Gasteiger partial charge in [-0.1, -0.05) is 0 Å². The van der Waals surface area contributed by atoms with Gasteiger partial charge in [0, 0.05) is 0 Å². The summed E-state index contributed by atoms with van der Waals surface area (Å²) in [6.45, 7) is 0. The molecule has 0 radical (unpaired) electrons. The minimum absolute atomic E-state index is 0.323. The SMILES string of the molecule is Oc1cc([SeH])cc([SeH])c1. The molecule has 9 heavy (non-hydrogen) atoms. The molecule has 0 unspecified atom stereocenters. The van der Waals surface area contributed by atoms with Crippen LogP contribution >= 0.6 is 0 Å². The van der Waals surface area contributed by atoms with Crippen LogP contribution in [0.4, 0.5) is 0 Å². The zero-order valence-electron chi connectivity index (χ0n) is 4.57. The molecule has 0 atom stereocenters. The second kappa shape index (κ2) is 2.76. The third-order valence-electron chi connectivity index (χ3n) is 0.887. The molecule has 0 fully saturated rings. The molecule has 1 aromatic carbocycles. The molecule has 0 aliphatic rings. The monoisotopic (exact) mass is 254 g/mol. The Morgan fingerprint density at radius 3 is 1.78 bits per heavy atom. The molecule has 1 rings (SSSR count). The van der Waals surface area contributed by atoms with Crippen molar-refractivity contribution in [3.63, 3.8) is 0 Å². The maximum absolute atomic E-state index is 8.97. The van der Waals surface area contributed by atoms with Crippen LogP contribution in [0.5, 0.6) is 5.75 Å². The summed E-state index contributed by atoms with van der Waals surface area (Å²) in [5.41, 5.74) is 0. The number of hydrogen-bond acceptors (Lipinski definition) is 1. The fourth-order valence-corrected chi connectivity index (χ4v) is 2.20. The molecule has 3 heteroatoms. The van der Waals surface area contributed by atoms with Gasteiger partial charge in [0.1, 0.15) is 0 Å². The molecule has 0 amide bonds. The van der Waals surface area contributed by atoms with Crippen LogP contribution in [0.1, 0.15) is 0 Å². The average Bonchev–Trinajstić information content (AvgIpc) is 1.59. The van der Waals surface area contributed by atoms with Crippen molar-refractivity contribution in [1.82, 2.24) is 0 Å². The number of aromatic hydroxyl groups is 1. The van der Waals surface area contributed by atoms with Gasteiger partial charge in [-0.2, -0.15) is 0 Å². The van der Waals surface area contributed by atoms with Gasteiger partial charge in [0.05, 0.1) is 0 Å². The molecule has 0 saturated carbocycles. The number of phenols is 1. The predicted octanol–water partition coefficient (Wildman–Crippen LogP) is -1.56. The van der Waals surface area contributed by atoms with Gasteiger partial charge in [0.15, 0.2) is 0 Å². The first kappa shape index (κ1) is 7.17. The maximum atomic E-state index is 8.97. The van der Waals surface area contributed by atoms with Crippen molar-refractivity contribution in [1.29, 1.82) is 0 Å². The molecule has 0 saturated heterocycles. The average molecular weight is 252 g/mol. The third kappa shape index (κ3) is 2.03. The van der Waals surface area contributed by atoms with Gasteiger partial charge in [-0.15, -0.1) is 0 Å². The summed E-state index contributed by atoms with van der Waals surface area (Å²) < 4.78 is 2.05. The van der Waals surface area contributed by atoms with Crippen molar-refractivity contribution < 1.29 is 5.11 Å². The van der Waals surface area contributed by atoms with Crippen LogP contribution in [0.2, 0.25) is 0 Å². The Bertz CT molecular complexity index is 172. The van der Waals surface area contributed by atoms with Crippen LogP contribution < -0.4 is 8.92 Å². The number of rotatable bonds is 0. The zero-order valence-corrected chi connectivity index (χ0v) is 8.33. The predicted molar refractivity (Wildman–Crippen MR) is 41.7 cm³/mol. The van der Waals surface area contributed by atoms with Gasteiger partial charge in [0.25, 0.3) is 0 Å². The van der Waals surface area contributed by atoms with Crippen molar-refractivity contribution in [2.45, 2.75) is 0 Å². The molecule has 1 nitrogen and oxygen atoms in total. The van der Waals surface area contributed by atoms with Crippen LogP contribution in [-0.2, 0) is 0 Å². The van der Waals surface area contributed by atoms with E-state index in [1.165, 1.54) is 0 Å². The van der Waals surface area contributed by atoms with E-state index in [0.29, 0.717) is 5.75 Å². The van der Waals surface area contributed by atoms with Gasteiger partial charge in [-0.05, 0) is 0 Å². The molecule has 0 aromatic heterocycles. The van der Waals surface area contributed by atoms with Crippen molar-refractivity contribution in [2.24, 2.45) is 0 Å². The summed E-state index contributed by atoms with van der Waals surface area (Å²) >= 11 is 4.77. The van der Waals surface area contributed by atoms with E-state index in [9.17, 15) is 0 Å². The molecule has 0 bridgehead atoms. The van der Waals surface area contributed by atoms with Crippen LogP contribution in [-0.4, -0.2) is 37.1 Å². The Kier molecular flexibility index (Phi) is 2.20. The van der Waals surface area contributed by atoms with E-state index in [1.54, 1.807) is 12.1 Å². The van der Waals surface area contributed by atoms with Crippen LogP contribution in [0.25, 0.3) is 0 Å². The molecule has 1 aromatic rings. The van der Waals surface area contributed by atoms with Gasteiger partial charge >= 0.3 is 70.0 Å². The van der Waals surface area contributed by atoms with Crippen LogP contribution in [0.15, 0.2) is 18.2 Å². The van der Waals surface area contributed by atoms with Gasteiger partial charge in [0.2, 0.25) is 0 Å². The van der Waals surface area contributed by atoms with Crippen LogP contribution in [0, 0.1) is 0 Å². The Morgan fingerprint density at radius 1 is 1.00 bits per heavy atom. The molecule has 1 N–H and O–H groups in total.